The molecule has 1 aliphatic rings. The molecule has 2 heterocycles. The van der Waals surface area contributed by atoms with Crippen LogP contribution in [0.25, 0.3) is 0 Å². The molecule has 0 spiro atoms. The third-order valence-corrected chi connectivity index (χ3v) is 4.06. The van der Waals surface area contributed by atoms with E-state index in [-0.39, 0.29) is 11.3 Å². The van der Waals surface area contributed by atoms with Gasteiger partial charge in [0.15, 0.2) is 11.5 Å². The molecule has 1 N–H and O–H groups in total. The topological polar surface area (TPSA) is 120 Å². The monoisotopic (exact) mass is 367 g/mol. The number of rotatable bonds is 6. The predicted molar refractivity (Wildman–Crippen MR) is 91.7 cm³/mol. The van der Waals surface area contributed by atoms with Crippen molar-refractivity contribution in [3.05, 3.63) is 65.7 Å². The molecule has 1 aromatic heterocycles. The van der Waals surface area contributed by atoms with E-state index in [1.54, 1.807) is 18.3 Å². The van der Waals surface area contributed by atoms with Gasteiger partial charge in [-0.15, -0.1) is 0 Å². The van der Waals surface area contributed by atoms with Crippen LogP contribution in [0.15, 0.2) is 60.1 Å². The van der Waals surface area contributed by atoms with Gasteiger partial charge >= 0.3 is 0 Å². The summed E-state index contributed by atoms with van der Waals surface area (Å²) in [5.41, 5.74) is 0.958. The molecule has 3 rings (SSSR count). The van der Waals surface area contributed by atoms with Crippen LogP contribution in [0.2, 0.25) is 0 Å². The van der Waals surface area contributed by atoms with E-state index < -0.39 is 36.1 Å². The van der Waals surface area contributed by atoms with Crippen molar-refractivity contribution in [1.82, 2.24) is 4.98 Å². The molecular weight excluding hydrogens is 352 g/mol. The number of Topliss-reactive ketones (excluding diaryl/α,β-unsaturated/α-hetero) is 1. The Hall–Kier alpha value is -3.68. The van der Waals surface area contributed by atoms with Crippen molar-refractivity contribution in [2.45, 2.75) is 13.0 Å². The highest BCUT2D eigenvalue weighted by Crippen LogP contribution is 2.40. The van der Waals surface area contributed by atoms with E-state index in [4.69, 9.17) is 4.74 Å². The van der Waals surface area contributed by atoms with Crippen molar-refractivity contribution >= 4 is 23.3 Å². The van der Waals surface area contributed by atoms with Crippen LogP contribution in [-0.4, -0.2) is 34.4 Å². The summed E-state index contributed by atoms with van der Waals surface area (Å²) in [6, 6.07) is 8.57. The minimum atomic E-state index is -1.36. The zero-order chi connectivity index (χ0) is 19.6. The number of aliphatic carboxylic acids is 1. The maximum absolute atomic E-state index is 12.6. The number of benzene rings is 1. The van der Waals surface area contributed by atoms with Gasteiger partial charge < -0.3 is 19.7 Å². The number of carboxylic acids is 1. The van der Waals surface area contributed by atoms with Crippen LogP contribution in [0, 0.1) is 0 Å². The maximum atomic E-state index is 12.6. The number of ether oxygens (including phenoxy) is 1. The van der Waals surface area contributed by atoms with Gasteiger partial charge in [0.2, 0.25) is 0 Å². The molecule has 27 heavy (non-hydrogen) atoms. The molecule has 1 atom stereocenters. The first-order chi connectivity index (χ1) is 12.9. The standard InChI is InChI=1S/C19H16N2O6/c1-11(22)16-17(12-3-2-8-20-9-12)21(19(26)18(16)25)13-4-6-14(7-5-13)27-10-15(23)24/h2-9,17,25H,10H2,1H3,(H,23,24)/p-1/t17-/m1/s1. The molecule has 8 nitrogen and oxygen atoms in total. The van der Waals surface area contributed by atoms with E-state index in [1.165, 1.54) is 42.3 Å². The van der Waals surface area contributed by atoms with Gasteiger partial charge in [-0.25, -0.2) is 0 Å². The average Bonchev–Trinajstić information content (AvgIpc) is 2.92. The lowest BCUT2D eigenvalue weighted by molar-refractivity contribution is -0.307. The predicted octanol–water partition coefficient (Wildman–Crippen LogP) is 0.699. The minimum absolute atomic E-state index is 0.00900. The van der Waals surface area contributed by atoms with Gasteiger partial charge in [0, 0.05) is 18.1 Å². The summed E-state index contributed by atoms with van der Waals surface area (Å²) in [7, 11) is 0. The molecule has 0 bridgehead atoms. The number of aliphatic hydroxyl groups is 1. The summed E-state index contributed by atoms with van der Waals surface area (Å²) in [6.45, 7) is 0.680. The molecule has 0 radical (unpaired) electrons. The minimum Gasteiger partial charge on any atom is -0.546 e. The number of carboxylic acid groups (broad SMARTS) is 1. The fraction of sp³-hybridized carbons (Fsp3) is 0.158. The van der Waals surface area contributed by atoms with Gasteiger partial charge in [-0.05, 0) is 42.8 Å². The number of hydrogen-bond donors (Lipinski definition) is 1. The Labute approximate surface area is 154 Å². The molecule has 8 heteroatoms. The molecule has 1 amide bonds. The summed E-state index contributed by atoms with van der Waals surface area (Å²) in [5.74, 6) is -2.82. The Morgan fingerprint density at radius 3 is 2.52 bits per heavy atom. The van der Waals surface area contributed by atoms with E-state index >= 15 is 0 Å². The third kappa shape index (κ3) is 3.50. The van der Waals surface area contributed by atoms with Crippen molar-refractivity contribution < 1.29 is 29.3 Å². The number of hydrogen-bond acceptors (Lipinski definition) is 7. The number of amides is 1. The number of pyridine rings is 1. The first-order valence-corrected chi connectivity index (χ1v) is 8.00. The van der Waals surface area contributed by atoms with Crippen LogP contribution in [0.5, 0.6) is 5.75 Å². The van der Waals surface area contributed by atoms with Crippen molar-refractivity contribution in [1.29, 1.82) is 0 Å². The lowest BCUT2D eigenvalue weighted by Gasteiger charge is -2.26. The van der Waals surface area contributed by atoms with E-state index in [2.05, 4.69) is 4.98 Å². The molecule has 0 unspecified atom stereocenters. The van der Waals surface area contributed by atoms with Gasteiger partial charge in [0.05, 0.1) is 17.6 Å². The second kappa shape index (κ2) is 7.28. The van der Waals surface area contributed by atoms with Crippen molar-refractivity contribution in [3.8, 4) is 5.75 Å². The smallest absolute Gasteiger partial charge is 0.294 e. The van der Waals surface area contributed by atoms with E-state index in [0.717, 1.165) is 0 Å². The zero-order valence-corrected chi connectivity index (χ0v) is 14.3. The highest BCUT2D eigenvalue weighted by atomic mass is 16.5. The van der Waals surface area contributed by atoms with Gasteiger partial charge in [0.25, 0.3) is 5.91 Å². The third-order valence-electron chi connectivity index (χ3n) is 4.06. The Morgan fingerprint density at radius 1 is 1.26 bits per heavy atom. The number of aliphatic hydroxyl groups excluding tert-OH is 1. The van der Waals surface area contributed by atoms with Crippen LogP contribution >= 0.6 is 0 Å². The van der Waals surface area contributed by atoms with Crippen molar-refractivity contribution in [3.63, 3.8) is 0 Å². The Kier molecular flexibility index (Phi) is 4.89. The quantitative estimate of drug-likeness (QED) is 0.798. The molecule has 1 aromatic carbocycles. The summed E-state index contributed by atoms with van der Waals surface area (Å²) >= 11 is 0. The Morgan fingerprint density at radius 2 is 1.96 bits per heavy atom. The van der Waals surface area contributed by atoms with Crippen LogP contribution in [0.3, 0.4) is 0 Å². The molecule has 0 saturated heterocycles. The number of carbonyl (C=O) groups is 3. The van der Waals surface area contributed by atoms with Crippen LogP contribution in [0.4, 0.5) is 5.69 Å². The number of anilines is 1. The van der Waals surface area contributed by atoms with Crippen LogP contribution < -0.4 is 14.7 Å². The molecule has 1 aliphatic heterocycles. The average molecular weight is 367 g/mol. The van der Waals surface area contributed by atoms with Crippen LogP contribution in [-0.2, 0) is 14.4 Å². The fourth-order valence-electron chi connectivity index (χ4n) is 2.93. The Balaban J connectivity index is 1.99. The van der Waals surface area contributed by atoms with Gasteiger partial charge in [0.1, 0.15) is 12.4 Å². The van der Waals surface area contributed by atoms with Crippen molar-refractivity contribution in [2.75, 3.05) is 11.5 Å². The number of carbonyl (C=O) groups excluding carboxylic acids is 3. The highest BCUT2D eigenvalue weighted by molar-refractivity contribution is 6.16. The number of nitrogens with zero attached hydrogens (tertiary/aromatic N) is 2. The molecule has 2 aromatic rings. The lowest BCUT2D eigenvalue weighted by Crippen LogP contribution is -2.31. The van der Waals surface area contributed by atoms with Gasteiger partial charge in [-0.2, -0.15) is 0 Å². The van der Waals surface area contributed by atoms with Crippen LogP contribution in [0.1, 0.15) is 18.5 Å². The second-order valence-electron chi connectivity index (χ2n) is 5.84. The number of aromatic nitrogens is 1. The molecular formula is C19H15N2O6-. The summed E-state index contributed by atoms with van der Waals surface area (Å²) in [5, 5.41) is 20.7. The Bertz CT molecular complexity index is 921. The van der Waals surface area contributed by atoms with E-state index in [9.17, 15) is 24.6 Å². The summed E-state index contributed by atoms with van der Waals surface area (Å²) < 4.78 is 5.01. The van der Waals surface area contributed by atoms with E-state index in [1.807, 2.05) is 0 Å². The normalized spacial score (nSPS) is 16.6. The summed E-state index contributed by atoms with van der Waals surface area (Å²) in [6.07, 6.45) is 3.08. The first-order valence-electron chi connectivity index (χ1n) is 8.00. The highest BCUT2D eigenvalue weighted by Gasteiger charge is 2.43. The molecule has 0 aliphatic carbocycles. The van der Waals surface area contributed by atoms with Crippen molar-refractivity contribution in [2.24, 2.45) is 0 Å². The zero-order valence-electron chi connectivity index (χ0n) is 14.3. The SMILES string of the molecule is CC(=O)C1=C(O)C(=O)N(c2ccc(OCC(=O)[O-])cc2)[C@@H]1c1cccnc1. The molecule has 0 fully saturated rings. The van der Waals surface area contributed by atoms with Gasteiger partial charge in [-0.1, -0.05) is 6.07 Å². The number of ketones is 1. The molecule has 0 saturated carbocycles. The largest absolute Gasteiger partial charge is 0.546 e. The lowest BCUT2D eigenvalue weighted by atomic mass is 9.98. The first kappa shape index (κ1) is 18.1. The second-order valence-corrected chi connectivity index (χ2v) is 5.84. The van der Waals surface area contributed by atoms with E-state index in [0.29, 0.717) is 11.3 Å². The fourth-order valence-corrected chi connectivity index (χ4v) is 2.93. The summed E-state index contributed by atoms with van der Waals surface area (Å²) in [4.78, 5) is 40.5. The van der Waals surface area contributed by atoms with Gasteiger partial charge in [-0.3, -0.25) is 19.5 Å². The maximum Gasteiger partial charge on any atom is 0.294 e. The molecule has 138 valence electrons.